The Bertz CT molecular complexity index is 190. The molecule has 0 saturated heterocycles. The zero-order valence-corrected chi connectivity index (χ0v) is 5.93. The van der Waals surface area contributed by atoms with Gasteiger partial charge in [0.1, 0.15) is 0 Å². The normalized spacial score (nSPS) is 12.4. The standard InChI is InChI=1S/C6H8BNO3/c1-2-3-5(6(9)10)8-4-7-11/h2,4-5H,1,3H2,(H,9,10)/b8-4+/t5-/m0/s1. The number of aliphatic imine (C=N–C) groups is 1. The van der Waals surface area contributed by atoms with E-state index < -0.39 is 12.0 Å². The van der Waals surface area contributed by atoms with Gasteiger partial charge in [0.25, 0.3) is 0 Å². The third kappa shape index (κ3) is 4.19. The van der Waals surface area contributed by atoms with Crippen molar-refractivity contribution in [2.24, 2.45) is 4.99 Å². The number of carboxylic acids is 1. The van der Waals surface area contributed by atoms with Crippen LogP contribution in [-0.2, 0) is 9.50 Å². The van der Waals surface area contributed by atoms with E-state index in [2.05, 4.69) is 11.6 Å². The average Bonchev–Trinajstić information content (AvgIpc) is 1.97. The summed E-state index contributed by atoms with van der Waals surface area (Å²) in [6, 6.07) is -0.877. The molecule has 11 heavy (non-hydrogen) atoms. The summed E-state index contributed by atoms with van der Waals surface area (Å²) >= 11 is 0. The molecule has 0 aromatic rings. The second kappa shape index (κ2) is 5.52. The van der Waals surface area contributed by atoms with Gasteiger partial charge in [-0.05, 0) is 0 Å². The molecule has 0 rings (SSSR count). The Hall–Kier alpha value is -1.26. The number of aliphatic carboxylic acids is 1. The van der Waals surface area contributed by atoms with Gasteiger partial charge in [-0.15, -0.1) is 0 Å². The van der Waals surface area contributed by atoms with Crippen molar-refractivity contribution in [1.82, 2.24) is 0 Å². The minimum atomic E-state index is -1.05. The van der Waals surface area contributed by atoms with Crippen LogP contribution in [0.3, 0.4) is 0 Å². The van der Waals surface area contributed by atoms with Gasteiger partial charge >= 0.3 is 63.9 Å². The first kappa shape index (κ1) is 9.74. The van der Waals surface area contributed by atoms with Gasteiger partial charge in [0, 0.05) is 0 Å². The van der Waals surface area contributed by atoms with Gasteiger partial charge in [0.05, 0.1) is 0 Å². The van der Waals surface area contributed by atoms with Gasteiger partial charge in [-0.1, -0.05) is 0 Å². The molecule has 0 unspecified atom stereocenters. The maximum atomic E-state index is 10.3. The Morgan fingerprint density at radius 1 is 1.82 bits per heavy atom. The molecular formula is C6H8BNO3. The van der Waals surface area contributed by atoms with E-state index >= 15 is 0 Å². The van der Waals surface area contributed by atoms with E-state index in [1.54, 1.807) is 0 Å². The molecule has 4 nitrogen and oxygen atoms in total. The Morgan fingerprint density at radius 3 is 2.82 bits per heavy atom. The monoisotopic (exact) mass is 153 g/mol. The fraction of sp³-hybridized carbons (Fsp3) is 0.333. The van der Waals surface area contributed by atoms with Crippen LogP contribution >= 0.6 is 0 Å². The molecular weight excluding hydrogens is 145 g/mol. The van der Waals surface area contributed by atoms with Gasteiger partial charge < -0.3 is 0 Å². The Labute approximate surface area is 64.9 Å². The second-order valence-corrected chi connectivity index (χ2v) is 1.81. The van der Waals surface area contributed by atoms with E-state index in [4.69, 9.17) is 5.11 Å². The molecule has 0 aromatic carbocycles. The SMILES string of the molecule is C=CC[C@H](/N=C/B=O)C(=O)O. The van der Waals surface area contributed by atoms with Crippen molar-refractivity contribution in [3.8, 4) is 0 Å². The fourth-order valence-electron chi connectivity index (χ4n) is 0.522. The molecule has 0 aliphatic heterocycles. The van der Waals surface area contributed by atoms with Crippen LogP contribution in [0.25, 0.3) is 0 Å². The van der Waals surface area contributed by atoms with E-state index in [9.17, 15) is 9.50 Å². The fourth-order valence-corrected chi connectivity index (χ4v) is 0.522. The molecule has 0 radical (unpaired) electrons. The Morgan fingerprint density at radius 2 is 2.45 bits per heavy atom. The molecule has 0 fully saturated rings. The Kier molecular flexibility index (Phi) is 4.89. The summed E-state index contributed by atoms with van der Waals surface area (Å²) in [7, 11) is 0.443. The van der Waals surface area contributed by atoms with Gasteiger partial charge in [-0.2, -0.15) is 0 Å². The summed E-state index contributed by atoms with van der Waals surface area (Å²) in [5.41, 5.74) is 0. The van der Waals surface area contributed by atoms with E-state index in [1.165, 1.54) is 6.08 Å². The molecule has 0 spiro atoms. The van der Waals surface area contributed by atoms with Crippen molar-refractivity contribution in [3.05, 3.63) is 12.7 Å². The molecule has 1 atom stereocenters. The predicted molar refractivity (Wildman–Crippen MR) is 41.2 cm³/mol. The first-order valence-corrected chi connectivity index (χ1v) is 3.03. The molecule has 0 saturated carbocycles. The van der Waals surface area contributed by atoms with E-state index in [0.29, 0.717) is 7.15 Å². The van der Waals surface area contributed by atoms with Crippen LogP contribution in [0.4, 0.5) is 0 Å². The van der Waals surface area contributed by atoms with E-state index in [0.717, 1.165) is 6.11 Å². The zero-order valence-electron chi connectivity index (χ0n) is 5.93. The van der Waals surface area contributed by atoms with Crippen molar-refractivity contribution < 1.29 is 14.6 Å². The van der Waals surface area contributed by atoms with Crippen molar-refractivity contribution in [3.63, 3.8) is 0 Å². The van der Waals surface area contributed by atoms with Gasteiger partial charge in [-0.25, -0.2) is 0 Å². The van der Waals surface area contributed by atoms with E-state index in [1.807, 2.05) is 0 Å². The first-order valence-electron chi connectivity index (χ1n) is 3.03. The van der Waals surface area contributed by atoms with Crippen LogP contribution in [0.5, 0.6) is 0 Å². The molecule has 5 heteroatoms. The second-order valence-electron chi connectivity index (χ2n) is 1.81. The number of carbonyl (C=O) groups is 1. The first-order chi connectivity index (χ1) is 5.22. The van der Waals surface area contributed by atoms with Crippen LogP contribution in [0.15, 0.2) is 17.6 Å². The Balaban J connectivity index is 4.08. The number of rotatable bonds is 5. The summed E-state index contributed by atoms with van der Waals surface area (Å²) < 4.78 is 9.77. The number of nitrogens with zero attached hydrogens (tertiary/aromatic N) is 1. The van der Waals surface area contributed by atoms with Crippen molar-refractivity contribution in [2.45, 2.75) is 12.5 Å². The molecule has 0 heterocycles. The van der Waals surface area contributed by atoms with Crippen LogP contribution in [-0.4, -0.2) is 30.4 Å². The molecule has 1 N–H and O–H groups in total. The number of hydrogen-bond donors (Lipinski definition) is 1. The number of hydrogen-bond acceptors (Lipinski definition) is 3. The van der Waals surface area contributed by atoms with Gasteiger partial charge in [0.2, 0.25) is 0 Å². The zero-order chi connectivity index (χ0) is 8.69. The molecule has 0 aliphatic carbocycles. The van der Waals surface area contributed by atoms with Crippen LogP contribution in [0.2, 0.25) is 0 Å². The maximum absolute atomic E-state index is 10.3. The van der Waals surface area contributed by atoms with Crippen LogP contribution in [0.1, 0.15) is 6.42 Å². The number of carboxylic acid groups (broad SMARTS) is 1. The predicted octanol–water partition coefficient (Wildman–Crippen LogP) is 0.0937. The third-order valence-electron chi connectivity index (χ3n) is 1.00. The molecule has 0 aromatic heterocycles. The van der Waals surface area contributed by atoms with Crippen molar-refractivity contribution in [2.75, 3.05) is 0 Å². The summed E-state index contributed by atoms with van der Waals surface area (Å²) in [6.07, 6.45) is 2.61. The summed E-state index contributed by atoms with van der Waals surface area (Å²) in [4.78, 5) is 13.8. The minimum absolute atomic E-state index is 0.236. The van der Waals surface area contributed by atoms with Gasteiger partial charge in [0.15, 0.2) is 0 Å². The summed E-state index contributed by atoms with van der Waals surface area (Å²) in [5.74, 6) is -1.05. The molecule has 58 valence electrons. The quantitative estimate of drug-likeness (QED) is 0.345. The van der Waals surface area contributed by atoms with Crippen molar-refractivity contribution >= 4 is 19.2 Å². The van der Waals surface area contributed by atoms with Crippen LogP contribution < -0.4 is 0 Å². The van der Waals surface area contributed by atoms with Crippen LogP contribution in [0, 0.1) is 0 Å². The van der Waals surface area contributed by atoms with Gasteiger partial charge in [-0.3, -0.25) is 0 Å². The third-order valence-corrected chi connectivity index (χ3v) is 1.00. The molecule has 0 amide bonds. The summed E-state index contributed by atoms with van der Waals surface area (Å²) in [6.45, 7) is 3.37. The molecule has 0 bridgehead atoms. The topological polar surface area (TPSA) is 66.7 Å². The summed E-state index contributed by atoms with van der Waals surface area (Å²) in [5, 5.41) is 8.45. The average molecular weight is 153 g/mol. The van der Waals surface area contributed by atoms with E-state index in [-0.39, 0.29) is 6.42 Å². The van der Waals surface area contributed by atoms with Crippen molar-refractivity contribution in [1.29, 1.82) is 0 Å². The molecule has 0 aliphatic rings.